The Bertz CT molecular complexity index is 578. The van der Waals surface area contributed by atoms with Crippen molar-refractivity contribution in [3.8, 4) is 0 Å². The maximum atomic E-state index is 13.7. The Morgan fingerprint density at radius 1 is 1.20 bits per heavy atom. The van der Waals surface area contributed by atoms with Gasteiger partial charge in [-0.3, -0.25) is 4.79 Å². The minimum absolute atomic E-state index is 0.0480. The number of para-hydroxylation sites is 1. The van der Waals surface area contributed by atoms with Gasteiger partial charge in [0, 0.05) is 0 Å². The van der Waals surface area contributed by atoms with E-state index in [9.17, 15) is 9.18 Å². The molecule has 0 heterocycles. The van der Waals surface area contributed by atoms with Crippen LogP contribution in [0.25, 0.3) is 0 Å². The molecule has 20 heavy (non-hydrogen) atoms. The number of anilines is 2. The Morgan fingerprint density at radius 3 is 2.50 bits per heavy atom. The lowest BCUT2D eigenvalue weighted by atomic mass is 9.95. The van der Waals surface area contributed by atoms with Crippen molar-refractivity contribution in [2.45, 2.75) is 19.3 Å². The fraction of sp³-hybridized carbons (Fsp3) is 0.188. The van der Waals surface area contributed by atoms with Crippen LogP contribution in [-0.4, -0.2) is 5.91 Å². The fourth-order valence-corrected chi connectivity index (χ4v) is 2.14. The zero-order valence-electron chi connectivity index (χ0n) is 11.3. The summed E-state index contributed by atoms with van der Waals surface area (Å²) in [5, 5.41) is 2.59. The van der Waals surface area contributed by atoms with Crippen LogP contribution in [0.5, 0.6) is 0 Å². The van der Waals surface area contributed by atoms with Crippen LogP contribution >= 0.6 is 0 Å². The average Bonchev–Trinajstić information content (AvgIpc) is 2.45. The van der Waals surface area contributed by atoms with Crippen molar-refractivity contribution in [2.24, 2.45) is 0 Å². The number of carbonyl (C=O) groups excluding carboxylic acids is 1. The summed E-state index contributed by atoms with van der Waals surface area (Å²) in [5.41, 5.74) is 6.87. The molecule has 0 aliphatic carbocycles. The number of rotatable bonds is 4. The summed E-state index contributed by atoms with van der Waals surface area (Å²) in [6.45, 7) is 1.92. The molecule has 4 heteroatoms. The number of halogens is 1. The second-order valence-corrected chi connectivity index (χ2v) is 4.56. The van der Waals surface area contributed by atoms with Gasteiger partial charge in [0.1, 0.15) is 11.5 Å². The molecule has 2 aromatic carbocycles. The van der Waals surface area contributed by atoms with E-state index in [1.54, 1.807) is 6.07 Å². The highest BCUT2D eigenvalue weighted by Crippen LogP contribution is 2.26. The first kappa shape index (κ1) is 14.1. The van der Waals surface area contributed by atoms with Crippen LogP contribution in [0.4, 0.5) is 15.8 Å². The van der Waals surface area contributed by atoms with Gasteiger partial charge >= 0.3 is 0 Å². The second kappa shape index (κ2) is 6.19. The van der Waals surface area contributed by atoms with E-state index in [2.05, 4.69) is 5.32 Å². The Labute approximate surface area is 117 Å². The third kappa shape index (κ3) is 2.96. The van der Waals surface area contributed by atoms with E-state index in [4.69, 9.17) is 5.73 Å². The van der Waals surface area contributed by atoms with Gasteiger partial charge in [-0.1, -0.05) is 43.3 Å². The number of nitrogens with one attached hydrogen (secondary N) is 1. The number of nitrogens with two attached hydrogens (primary N) is 1. The Morgan fingerprint density at radius 2 is 1.90 bits per heavy atom. The van der Waals surface area contributed by atoms with Gasteiger partial charge in [0.15, 0.2) is 0 Å². The fourth-order valence-electron chi connectivity index (χ4n) is 2.14. The molecular formula is C16H17FN2O. The molecule has 1 unspecified atom stereocenters. The maximum absolute atomic E-state index is 13.7. The molecule has 0 radical (unpaired) electrons. The summed E-state index contributed by atoms with van der Waals surface area (Å²) in [5.74, 6) is -1.10. The molecule has 2 aromatic rings. The molecule has 1 amide bonds. The van der Waals surface area contributed by atoms with Crippen molar-refractivity contribution in [3.63, 3.8) is 0 Å². The van der Waals surface area contributed by atoms with Gasteiger partial charge in [-0.25, -0.2) is 4.39 Å². The zero-order chi connectivity index (χ0) is 14.5. The lowest BCUT2D eigenvalue weighted by molar-refractivity contribution is -0.117. The zero-order valence-corrected chi connectivity index (χ0v) is 11.3. The highest BCUT2D eigenvalue weighted by Gasteiger charge is 2.20. The van der Waals surface area contributed by atoms with E-state index in [0.29, 0.717) is 6.42 Å². The number of hydrogen-bond acceptors (Lipinski definition) is 2. The van der Waals surface area contributed by atoms with Crippen molar-refractivity contribution < 1.29 is 9.18 Å². The first-order valence-electron chi connectivity index (χ1n) is 6.53. The topological polar surface area (TPSA) is 55.1 Å². The quantitative estimate of drug-likeness (QED) is 0.836. The van der Waals surface area contributed by atoms with Crippen LogP contribution in [0.3, 0.4) is 0 Å². The number of carbonyl (C=O) groups is 1. The highest BCUT2D eigenvalue weighted by atomic mass is 19.1. The smallest absolute Gasteiger partial charge is 0.232 e. The van der Waals surface area contributed by atoms with Gasteiger partial charge in [0.05, 0.1) is 11.6 Å². The van der Waals surface area contributed by atoms with Crippen molar-refractivity contribution in [1.82, 2.24) is 0 Å². The van der Waals surface area contributed by atoms with Crippen molar-refractivity contribution in [3.05, 3.63) is 59.9 Å². The summed E-state index contributed by atoms with van der Waals surface area (Å²) >= 11 is 0. The van der Waals surface area contributed by atoms with Crippen molar-refractivity contribution >= 4 is 17.3 Å². The molecule has 1 atom stereocenters. The molecule has 2 rings (SSSR count). The van der Waals surface area contributed by atoms with Gasteiger partial charge in [-0.05, 0) is 24.1 Å². The number of hydrogen-bond donors (Lipinski definition) is 2. The molecule has 0 spiro atoms. The molecule has 0 saturated heterocycles. The van der Waals surface area contributed by atoms with Crippen molar-refractivity contribution in [2.75, 3.05) is 11.1 Å². The van der Waals surface area contributed by atoms with E-state index < -0.39 is 5.82 Å². The molecule has 0 aliphatic rings. The van der Waals surface area contributed by atoms with Gasteiger partial charge in [-0.15, -0.1) is 0 Å². The lowest BCUT2D eigenvalue weighted by Crippen LogP contribution is -2.22. The number of amides is 1. The molecule has 0 aromatic heterocycles. The van der Waals surface area contributed by atoms with Crippen LogP contribution < -0.4 is 11.1 Å². The summed E-state index contributed by atoms with van der Waals surface area (Å²) in [6, 6.07) is 13.8. The summed E-state index contributed by atoms with van der Waals surface area (Å²) in [7, 11) is 0. The molecule has 3 N–H and O–H groups in total. The predicted octanol–water partition coefficient (Wildman–Crippen LogP) is 3.54. The van der Waals surface area contributed by atoms with Gasteiger partial charge in [0.25, 0.3) is 0 Å². The van der Waals surface area contributed by atoms with E-state index in [0.717, 1.165) is 5.56 Å². The number of nitrogen functional groups attached to an aromatic ring is 1. The SMILES string of the molecule is CCC(C(=O)Nc1c(N)cccc1F)c1ccccc1. The van der Waals surface area contributed by atoms with Crippen LogP contribution in [-0.2, 0) is 4.79 Å². The molecular weight excluding hydrogens is 255 g/mol. The first-order valence-corrected chi connectivity index (χ1v) is 6.53. The average molecular weight is 272 g/mol. The van der Waals surface area contributed by atoms with Crippen LogP contribution in [0.15, 0.2) is 48.5 Å². The van der Waals surface area contributed by atoms with Crippen LogP contribution in [0.2, 0.25) is 0 Å². The van der Waals surface area contributed by atoms with Gasteiger partial charge in [0.2, 0.25) is 5.91 Å². The van der Waals surface area contributed by atoms with E-state index in [1.807, 2.05) is 37.3 Å². The minimum atomic E-state index is -0.527. The largest absolute Gasteiger partial charge is 0.397 e. The van der Waals surface area contributed by atoms with Crippen LogP contribution in [0.1, 0.15) is 24.8 Å². The van der Waals surface area contributed by atoms with Gasteiger partial charge < -0.3 is 11.1 Å². The first-order chi connectivity index (χ1) is 9.63. The lowest BCUT2D eigenvalue weighted by Gasteiger charge is -2.16. The summed E-state index contributed by atoms with van der Waals surface area (Å²) < 4.78 is 13.7. The minimum Gasteiger partial charge on any atom is -0.397 e. The molecule has 0 aliphatic heterocycles. The van der Waals surface area contributed by atoms with Crippen LogP contribution in [0, 0.1) is 5.82 Å². The molecule has 0 bridgehead atoms. The predicted molar refractivity (Wildman–Crippen MR) is 78.9 cm³/mol. The standard InChI is InChI=1S/C16H17FN2O/c1-2-12(11-7-4-3-5-8-11)16(20)19-15-13(17)9-6-10-14(15)18/h3-10,12H,2,18H2,1H3,(H,19,20). The Balaban J connectivity index is 2.23. The third-order valence-corrected chi connectivity index (χ3v) is 3.22. The van der Waals surface area contributed by atoms with E-state index in [1.165, 1.54) is 12.1 Å². The normalized spacial score (nSPS) is 11.9. The molecule has 104 valence electrons. The van der Waals surface area contributed by atoms with Gasteiger partial charge in [-0.2, -0.15) is 0 Å². The van der Waals surface area contributed by atoms with E-state index in [-0.39, 0.29) is 23.2 Å². The molecule has 3 nitrogen and oxygen atoms in total. The molecule has 0 saturated carbocycles. The van der Waals surface area contributed by atoms with E-state index >= 15 is 0 Å². The summed E-state index contributed by atoms with van der Waals surface area (Å²) in [4.78, 5) is 12.3. The maximum Gasteiger partial charge on any atom is 0.232 e. The third-order valence-electron chi connectivity index (χ3n) is 3.22. The highest BCUT2D eigenvalue weighted by molar-refractivity contribution is 5.98. The Hall–Kier alpha value is -2.36. The number of benzene rings is 2. The molecule has 0 fully saturated rings. The summed E-state index contributed by atoms with van der Waals surface area (Å²) in [6.07, 6.45) is 0.629. The van der Waals surface area contributed by atoms with Crippen molar-refractivity contribution in [1.29, 1.82) is 0 Å². The monoisotopic (exact) mass is 272 g/mol. The second-order valence-electron chi connectivity index (χ2n) is 4.56. The Kier molecular flexibility index (Phi) is 4.35.